The number of rotatable bonds is 7. The standard InChI is InChI=1S/C23H29N3O5S/c1-15(2)24-21(27)14-31-18-7-6-17(13-19(18)30-4)22(28)25-9-11-26(12-10-25)23(29)20-8-5-16(3)32-20/h5-8,13,15H,9-12,14H2,1-4H3,(H,24,27). The average molecular weight is 460 g/mol. The Hall–Kier alpha value is -3.07. The summed E-state index contributed by atoms with van der Waals surface area (Å²) in [6.45, 7) is 7.49. The van der Waals surface area contributed by atoms with Gasteiger partial charge in [0, 0.05) is 42.7 Å². The first-order valence-electron chi connectivity index (χ1n) is 10.5. The Labute approximate surface area is 192 Å². The molecule has 2 heterocycles. The Bertz CT molecular complexity index is 980. The zero-order valence-corrected chi connectivity index (χ0v) is 19.7. The van der Waals surface area contributed by atoms with Gasteiger partial charge in [-0.1, -0.05) is 0 Å². The van der Waals surface area contributed by atoms with E-state index in [0.717, 1.165) is 9.75 Å². The van der Waals surface area contributed by atoms with Crippen molar-refractivity contribution < 1.29 is 23.9 Å². The summed E-state index contributed by atoms with van der Waals surface area (Å²) in [5.74, 6) is 0.429. The third-order valence-electron chi connectivity index (χ3n) is 5.02. The summed E-state index contributed by atoms with van der Waals surface area (Å²) in [7, 11) is 1.49. The minimum absolute atomic E-state index is 0.0138. The molecule has 172 valence electrons. The number of amides is 3. The molecule has 8 nitrogen and oxygen atoms in total. The molecule has 1 aliphatic heterocycles. The first-order valence-corrected chi connectivity index (χ1v) is 11.4. The van der Waals surface area contributed by atoms with Crippen LogP contribution in [0.25, 0.3) is 0 Å². The van der Waals surface area contributed by atoms with Crippen LogP contribution in [-0.4, -0.2) is 73.5 Å². The third-order valence-corrected chi connectivity index (χ3v) is 6.01. The van der Waals surface area contributed by atoms with Crippen LogP contribution < -0.4 is 14.8 Å². The maximum Gasteiger partial charge on any atom is 0.264 e. The highest BCUT2D eigenvalue weighted by atomic mass is 32.1. The number of methoxy groups -OCH3 is 1. The van der Waals surface area contributed by atoms with Crippen molar-refractivity contribution >= 4 is 29.1 Å². The van der Waals surface area contributed by atoms with E-state index in [9.17, 15) is 14.4 Å². The SMILES string of the molecule is COc1cc(C(=O)N2CCN(C(=O)c3ccc(C)s3)CC2)ccc1OCC(=O)NC(C)C. The number of piperazine rings is 1. The van der Waals surface area contributed by atoms with Crippen LogP contribution in [-0.2, 0) is 4.79 Å². The van der Waals surface area contributed by atoms with Crippen LogP contribution in [0.3, 0.4) is 0 Å². The fourth-order valence-corrected chi connectivity index (χ4v) is 4.26. The summed E-state index contributed by atoms with van der Waals surface area (Å²) in [6, 6.07) is 8.72. The highest BCUT2D eigenvalue weighted by Crippen LogP contribution is 2.29. The number of carbonyl (C=O) groups is 3. The molecular weight excluding hydrogens is 430 g/mol. The molecule has 1 aromatic heterocycles. The molecule has 1 fully saturated rings. The number of thiophene rings is 1. The van der Waals surface area contributed by atoms with Gasteiger partial charge in [-0.3, -0.25) is 14.4 Å². The van der Waals surface area contributed by atoms with Gasteiger partial charge in [0.1, 0.15) is 0 Å². The largest absolute Gasteiger partial charge is 0.493 e. The second kappa shape index (κ2) is 10.5. The Kier molecular flexibility index (Phi) is 7.74. The van der Waals surface area contributed by atoms with Gasteiger partial charge in [-0.05, 0) is 51.1 Å². The monoisotopic (exact) mass is 459 g/mol. The predicted octanol–water partition coefficient (Wildman–Crippen LogP) is 2.57. The van der Waals surface area contributed by atoms with Crippen molar-refractivity contribution in [2.24, 2.45) is 0 Å². The fourth-order valence-electron chi connectivity index (χ4n) is 3.43. The van der Waals surface area contributed by atoms with Gasteiger partial charge in [-0.2, -0.15) is 0 Å². The molecule has 2 aromatic rings. The van der Waals surface area contributed by atoms with Crippen molar-refractivity contribution in [2.45, 2.75) is 26.8 Å². The van der Waals surface area contributed by atoms with Crippen LogP contribution in [0.2, 0.25) is 0 Å². The molecule has 0 unspecified atom stereocenters. The summed E-state index contributed by atoms with van der Waals surface area (Å²) in [4.78, 5) is 42.8. The van der Waals surface area contributed by atoms with E-state index in [1.807, 2.05) is 32.9 Å². The number of nitrogens with one attached hydrogen (secondary N) is 1. The molecule has 0 saturated carbocycles. The van der Waals surface area contributed by atoms with E-state index in [0.29, 0.717) is 43.2 Å². The van der Waals surface area contributed by atoms with Gasteiger partial charge in [0.25, 0.3) is 17.7 Å². The van der Waals surface area contributed by atoms with E-state index in [1.54, 1.807) is 28.0 Å². The van der Waals surface area contributed by atoms with Crippen molar-refractivity contribution in [1.29, 1.82) is 0 Å². The van der Waals surface area contributed by atoms with Crippen LogP contribution in [0.1, 0.15) is 38.8 Å². The second-order valence-electron chi connectivity index (χ2n) is 7.87. The van der Waals surface area contributed by atoms with Crippen molar-refractivity contribution in [3.8, 4) is 11.5 Å². The first-order chi connectivity index (χ1) is 15.3. The average Bonchev–Trinajstić information content (AvgIpc) is 3.22. The number of ether oxygens (including phenoxy) is 2. The van der Waals surface area contributed by atoms with Gasteiger partial charge in [0.2, 0.25) is 0 Å². The summed E-state index contributed by atoms with van der Waals surface area (Å²) < 4.78 is 10.9. The van der Waals surface area contributed by atoms with Crippen LogP contribution in [0, 0.1) is 6.92 Å². The molecule has 1 aromatic carbocycles. The molecule has 0 spiro atoms. The maximum atomic E-state index is 13.0. The van der Waals surface area contributed by atoms with Gasteiger partial charge < -0.3 is 24.6 Å². The number of hydrogen-bond acceptors (Lipinski definition) is 6. The molecular formula is C23H29N3O5S. The predicted molar refractivity (Wildman–Crippen MR) is 123 cm³/mol. The maximum absolute atomic E-state index is 13.0. The van der Waals surface area contributed by atoms with E-state index in [-0.39, 0.29) is 30.4 Å². The molecule has 1 saturated heterocycles. The fraction of sp³-hybridized carbons (Fsp3) is 0.435. The molecule has 0 radical (unpaired) electrons. The Morgan fingerprint density at radius 2 is 1.66 bits per heavy atom. The van der Waals surface area contributed by atoms with Crippen molar-refractivity contribution in [3.05, 3.63) is 45.6 Å². The Morgan fingerprint density at radius 1 is 1.00 bits per heavy atom. The van der Waals surface area contributed by atoms with E-state index in [4.69, 9.17) is 9.47 Å². The van der Waals surface area contributed by atoms with E-state index in [2.05, 4.69) is 5.32 Å². The van der Waals surface area contributed by atoms with Crippen LogP contribution in [0.15, 0.2) is 30.3 Å². The summed E-state index contributed by atoms with van der Waals surface area (Å²) in [5, 5.41) is 2.75. The zero-order valence-electron chi connectivity index (χ0n) is 18.8. The summed E-state index contributed by atoms with van der Waals surface area (Å²) in [6.07, 6.45) is 0. The van der Waals surface area contributed by atoms with E-state index < -0.39 is 0 Å². The van der Waals surface area contributed by atoms with Crippen LogP contribution in [0.5, 0.6) is 11.5 Å². The molecule has 3 amide bonds. The Balaban J connectivity index is 1.59. The number of carbonyl (C=O) groups excluding carboxylic acids is 3. The molecule has 0 atom stereocenters. The van der Waals surface area contributed by atoms with Crippen molar-refractivity contribution in [1.82, 2.24) is 15.1 Å². The minimum atomic E-state index is -0.229. The van der Waals surface area contributed by atoms with Crippen molar-refractivity contribution in [3.63, 3.8) is 0 Å². The molecule has 3 rings (SSSR count). The van der Waals surface area contributed by atoms with Gasteiger partial charge in [-0.25, -0.2) is 0 Å². The number of hydrogen-bond donors (Lipinski definition) is 1. The van der Waals surface area contributed by atoms with Gasteiger partial charge in [-0.15, -0.1) is 11.3 Å². The molecule has 0 bridgehead atoms. The topological polar surface area (TPSA) is 88.2 Å². The lowest BCUT2D eigenvalue weighted by atomic mass is 10.1. The smallest absolute Gasteiger partial charge is 0.264 e. The zero-order chi connectivity index (χ0) is 23.3. The molecule has 32 heavy (non-hydrogen) atoms. The molecule has 1 N–H and O–H groups in total. The van der Waals surface area contributed by atoms with E-state index >= 15 is 0 Å². The summed E-state index contributed by atoms with van der Waals surface area (Å²) in [5.41, 5.74) is 0.467. The van der Waals surface area contributed by atoms with Crippen LogP contribution >= 0.6 is 11.3 Å². The van der Waals surface area contributed by atoms with Gasteiger partial charge in [0.15, 0.2) is 18.1 Å². The summed E-state index contributed by atoms with van der Waals surface area (Å²) >= 11 is 1.48. The van der Waals surface area contributed by atoms with Crippen molar-refractivity contribution in [2.75, 3.05) is 39.9 Å². The number of nitrogens with zero attached hydrogens (tertiary/aromatic N) is 2. The normalized spacial score (nSPS) is 13.8. The highest BCUT2D eigenvalue weighted by Gasteiger charge is 2.26. The number of benzene rings is 1. The second-order valence-corrected chi connectivity index (χ2v) is 9.16. The minimum Gasteiger partial charge on any atom is -0.493 e. The quantitative estimate of drug-likeness (QED) is 0.688. The number of aryl methyl sites for hydroxylation is 1. The van der Waals surface area contributed by atoms with Gasteiger partial charge >= 0.3 is 0 Å². The Morgan fingerprint density at radius 3 is 2.22 bits per heavy atom. The van der Waals surface area contributed by atoms with E-state index in [1.165, 1.54) is 18.4 Å². The molecule has 0 aliphatic carbocycles. The third kappa shape index (κ3) is 5.79. The lowest BCUT2D eigenvalue weighted by Gasteiger charge is -2.34. The first kappa shape index (κ1) is 23.6. The highest BCUT2D eigenvalue weighted by molar-refractivity contribution is 7.13. The van der Waals surface area contributed by atoms with Gasteiger partial charge in [0.05, 0.1) is 12.0 Å². The lowest BCUT2D eigenvalue weighted by molar-refractivity contribution is -0.123. The molecule has 1 aliphatic rings. The molecule has 9 heteroatoms. The van der Waals surface area contributed by atoms with Crippen LogP contribution in [0.4, 0.5) is 0 Å². The lowest BCUT2D eigenvalue weighted by Crippen LogP contribution is -2.50.